The first-order valence-corrected chi connectivity index (χ1v) is 11.6. The molecule has 0 saturated heterocycles. The van der Waals surface area contributed by atoms with E-state index in [1.165, 1.54) is 11.3 Å². The van der Waals surface area contributed by atoms with Crippen LogP contribution in [0.4, 0.5) is 17.3 Å². The molecule has 0 radical (unpaired) electrons. The Bertz CT molecular complexity index is 1310. The van der Waals surface area contributed by atoms with E-state index >= 15 is 0 Å². The Morgan fingerprint density at radius 2 is 1.97 bits per heavy atom. The molecule has 0 fully saturated rings. The van der Waals surface area contributed by atoms with E-state index in [1.54, 1.807) is 7.11 Å². The predicted molar refractivity (Wildman–Crippen MR) is 136 cm³/mol. The highest BCUT2D eigenvalue weighted by atomic mass is 16.5. The maximum absolute atomic E-state index is 5.69. The highest BCUT2D eigenvalue weighted by Gasteiger charge is 2.26. The minimum Gasteiger partial charge on any atom is -0.496 e. The van der Waals surface area contributed by atoms with E-state index in [2.05, 4.69) is 65.7 Å². The molecule has 1 atom stereocenters. The van der Waals surface area contributed by atoms with Crippen molar-refractivity contribution < 1.29 is 4.74 Å². The number of nitrogens with zero attached hydrogens (tertiary/aromatic N) is 5. The largest absolute Gasteiger partial charge is 0.496 e. The second-order valence-corrected chi connectivity index (χ2v) is 8.93. The van der Waals surface area contributed by atoms with Gasteiger partial charge in [0.2, 0.25) is 5.95 Å². The van der Waals surface area contributed by atoms with E-state index < -0.39 is 0 Å². The number of methoxy groups -OCH3 is 1. The van der Waals surface area contributed by atoms with Crippen LogP contribution < -0.4 is 15.0 Å². The van der Waals surface area contributed by atoms with Gasteiger partial charge >= 0.3 is 0 Å². The predicted octanol–water partition coefficient (Wildman–Crippen LogP) is 5.39. The molecule has 34 heavy (non-hydrogen) atoms. The number of aromatic nitrogens is 4. The molecule has 0 aliphatic carbocycles. The molecular weight excluding hydrogens is 424 g/mol. The molecule has 1 N–H and O–H groups in total. The zero-order valence-electron chi connectivity index (χ0n) is 20.1. The minimum atomic E-state index is 0.239. The summed E-state index contributed by atoms with van der Waals surface area (Å²) >= 11 is 0. The van der Waals surface area contributed by atoms with Crippen LogP contribution >= 0.6 is 0 Å². The van der Waals surface area contributed by atoms with Gasteiger partial charge in [-0.1, -0.05) is 12.1 Å². The molecule has 0 bridgehead atoms. The van der Waals surface area contributed by atoms with E-state index in [0.717, 1.165) is 53.5 Å². The number of hydrogen-bond acceptors (Lipinski definition) is 6. The molecule has 0 amide bonds. The van der Waals surface area contributed by atoms with Crippen molar-refractivity contribution in [3.8, 4) is 16.9 Å². The summed E-state index contributed by atoms with van der Waals surface area (Å²) in [4.78, 5) is 11.3. The van der Waals surface area contributed by atoms with Crippen LogP contribution in [-0.2, 0) is 6.54 Å². The van der Waals surface area contributed by atoms with E-state index in [-0.39, 0.29) is 5.92 Å². The Hall–Kier alpha value is -3.87. The van der Waals surface area contributed by atoms with Crippen molar-refractivity contribution in [2.45, 2.75) is 32.2 Å². The number of nitrogens with one attached hydrogen (secondary N) is 1. The molecule has 2 aromatic carbocycles. The standard InChI is InChI=1S/C27H30N6O/c1-18-15-20(12-13-28-18)23-11-10-21(17-25(23)34-4)29-27-30-26-24(9-6-14-33(26)31-27)19-7-5-8-22(16-19)32(2)3/h5,7-8,10-13,15-17,24H,6,9,14H2,1-4H3,(H,29,31). The zero-order valence-corrected chi connectivity index (χ0v) is 20.1. The molecule has 7 nitrogen and oxygen atoms in total. The lowest BCUT2D eigenvalue weighted by Crippen LogP contribution is -2.18. The van der Waals surface area contributed by atoms with Crippen molar-refractivity contribution in [3.63, 3.8) is 0 Å². The van der Waals surface area contributed by atoms with Crippen LogP contribution in [0.2, 0.25) is 0 Å². The quantitative estimate of drug-likeness (QED) is 0.421. The van der Waals surface area contributed by atoms with Gasteiger partial charge in [-0.25, -0.2) is 4.68 Å². The number of benzene rings is 2. The number of rotatable bonds is 6. The molecule has 3 heterocycles. The van der Waals surface area contributed by atoms with Crippen molar-refractivity contribution in [1.29, 1.82) is 0 Å². The smallest absolute Gasteiger partial charge is 0.246 e. The summed E-state index contributed by atoms with van der Waals surface area (Å²) in [5, 5.41) is 8.15. The second-order valence-electron chi connectivity index (χ2n) is 8.93. The minimum absolute atomic E-state index is 0.239. The van der Waals surface area contributed by atoms with Gasteiger partial charge in [-0.2, -0.15) is 4.98 Å². The summed E-state index contributed by atoms with van der Waals surface area (Å²) in [6.07, 6.45) is 3.98. The molecule has 7 heteroatoms. The van der Waals surface area contributed by atoms with Crippen LogP contribution in [0.15, 0.2) is 60.8 Å². The lowest BCUT2D eigenvalue weighted by atomic mass is 9.91. The first-order chi connectivity index (χ1) is 16.5. The fourth-order valence-electron chi connectivity index (χ4n) is 4.59. The Kier molecular flexibility index (Phi) is 5.92. The molecule has 1 unspecified atom stereocenters. The van der Waals surface area contributed by atoms with Gasteiger partial charge in [-0.15, -0.1) is 5.10 Å². The van der Waals surface area contributed by atoms with Gasteiger partial charge in [0, 0.05) is 61.5 Å². The summed E-state index contributed by atoms with van der Waals surface area (Å²) in [5.74, 6) is 2.65. The van der Waals surface area contributed by atoms with Crippen molar-refractivity contribution >= 4 is 17.3 Å². The van der Waals surface area contributed by atoms with Crippen LogP contribution in [0.1, 0.15) is 35.8 Å². The number of anilines is 3. The average molecular weight is 455 g/mol. The highest BCUT2D eigenvalue weighted by molar-refractivity contribution is 5.74. The number of hydrogen-bond donors (Lipinski definition) is 1. The maximum Gasteiger partial charge on any atom is 0.246 e. The van der Waals surface area contributed by atoms with Gasteiger partial charge in [0.25, 0.3) is 0 Å². The molecule has 2 aromatic heterocycles. The molecule has 0 saturated carbocycles. The van der Waals surface area contributed by atoms with Crippen LogP contribution in [0, 0.1) is 6.92 Å². The molecule has 1 aliphatic heterocycles. The van der Waals surface area contributed by atoms with E-state index in [0.29, 0.717) is 5.95 Å². The third-order valence-corrected chi connectivity index (χ3v) is 6.33. The van der Waals surface area contributed by atoms with Gasteiger partial charge in [-0.05, 0) is 67.3 Å². The molecule has 4 aromatic rings. The fraction of sp³-hybridized carbons (Fsp3) is 0.296. The van der Waals surface area contributed by atoms with Gasteiger partial charge in [0.05, 0.1) is 7.11 Å². The second kappa shape index (κ2) is 9.17. The van der Waals surface area contributed by atoms with Gasteiger partial charge in [0.15, 0.2) is 0 Å². The number of ether oxygens (including phenoxy) is 1. The van der Waals surface area contributed by atoms with Gasteiger partial charge in [0.1, 0.15) is 11.6 Å². The third-order valence-electron chi connectivity index (χ3n) is 6.33. The van der Waals surface area contributed by atoms with Gasteiger partial charge < -0.3 is 15.0 Å². The Morgan fingerprint density at radius 1 is 1.09 bits per heavy atom. The molecule has 1 aliphatic rings. The van der Waals surface area contributed by atoms with Crippen molar-refractivity contribution in [1.82, 2.24) is 19.7 Å². The fourth-order valence-corrected chi connectivity index (χ4v) is 4.59. The normalized spacial score (nSPS) is 15.0. The lowest BCUT2D eigenvalue weighted by Gasteiger charge is -2.23. The number of aryl methyl sites for hydroxylation is 2. The Morgan fingerprint density at radius 3 is 2.76 bits per heavy atom. The first kappa shape index (κ1) is 21.9. The Labute approximate surface area is 200 Å². The summed E-state index contributed by atoms with van der Waals surface area (Å²) < 4.78 is 7.74. The lowest BCUT2D eigenvalue weighted by molar-refractivity contribution is 0.416. The van der Waals surface area contributed by atoms with Crippen LogP contribution in [-0.4, -0.2) is 41.0 Å². The highest BCUT2D eigenvalue weighted by Crippen LogP contribution is 2.36. The molecule has 5 rings (SSSR count). The van der Waals surface area contributed by atoms with Crippen molar-refractivity contribution in [3.05, 3.63) is 77.9 Å². The van der Waals surface area contributed by atoms with Crippen LogP contribution in [0.3, 0.4) is 0 Å². The average Bonchev–Trinajstić information content (AvgIpc) is 3.26. The monoisotopic (exact) mass is 454 g/mol. The summed E-state index contributed by atoms with van der Waals surface area (Å²) in [7, 11) is 5.83. The number of fused-ring (bicyclic) bond motifs is 1. The number of pyridine rings is 1. The van der Waals surface area contributed by atoms with E-state index in [9.17, 15) is 0 Å². The van der Waals surface area contributed by atoms with Gasteiger partial charge in [-0.3, -0.25) is 4.98 Å². The van der Waals surface area contributed by atoms with Crippen molar-refractivity contribution in [2.24, 2.45) is 0 Å². The molecular formula is C27H30N6O. The summed E-state index contributed by atoms with van der Waals surface area (Å²) in [5.41, 5.74) is 6.44. The van der Waals surface area contributed by atoms with E-state index in [1.807, 2.05) is 36.0 Å². The van der Waals surface area contributed by atoms with Crippen LogP contribution in [0.5, 0.6) is 5.75 Å². The summed E-state index contributed by atoms with van der Waals surface area (Å²) in [6.45, 7) is 2.87. The zero-order chi connectivity index (χ0) is 23.7. The Balaban J connectivity index is 1.42. The first-order valence-electron chi connectivity index (χ1n) is 11.6. The third kappa shape index (κ3) is 4.33. The SMILES string of the molecule is COc1cc(Nc2nc3n(n2)CCCC3c2cccc(N(C)C)c2)ccc1-c1ccnc(C)c1. The van der Waals surface area contributed by atoms with Crippen molar-refractivity contribution in [2.75, 3.05) is 31.4 Å². The van der Waals surface area contributed by atoms with E-state index in [4.69, 9.17) is 14.8 Å². The summed E-state index contributed by atoms with van der Waals surface area (Å²) in [6, 6.07) is 18.8. The molecule has 174 valence electrons. The van der Waals surface area contributed by atoms with Crippen LogP contribution in [0.25, 0.3) is 11.1 Å². The maximum atomic E-state index is 5.69. The molecule has 0 spiro atoms. The topological polar surface area (TPSA) is 68.1 Å².